The molecule has 3 amide bonds. The molecule has 3 heterocycles. The number of carbonyl (C=O) groups is 3. The second kappa shape index (κ2) is 14.3. The molecular weight excluding hydrogens is 735 g/mol. The van der Waals surface area contributed by atoms with Gasteiger partial charge in [0.1, 0.15) is 0 Å². The van der Waals surface area contributed by atoms with E-state index in [1.54, 1.807) is 34.6 Å². The van der Waals surface area contributed by atoms with Gasteiger partial charge in [0.15, 0.2) is 17.5 Å². The molecule has 1 saturated heterocycles. The van der Waals surface area contributed by atoms with E-state index in [0.29, 0.717) is 60.7 Å². The zero-order chi connectivity index (χ0) is 33.1. The third-order valence-electron chi connectivity index (χ3n) is 7.94. The summed E-state index contributed by atoms with van der Waals surface area (Å²) in [6.07, 6.45) is 2.78. The molecule has 2 aromatic carbocycles. The fourth-order valence-corrected chi connectivity index (χ4v) is 6.05. The number of anilines is 1. The average molecular weight is 766 g/mol. The van der Waals surface area contributed by atoms with E-state index in [2.05, 4.69) is 15.4 Å². The van der Waals surface area contributed by atoms with Crippen molar-refractivity contribution in [3.05, 3.63) is 76.5 Å². The quantitative estimate of drug-likeness (QED) is 0.194. The number of nitrogens with zero attached hydrogens (tertiary/aromatic N) is 6. The van der Waals surface area contributed by atoms with Gasteiger partial charge in [-0.15, -0.1) is 0 Å². The summed E-state index contributed by atoms with van der Waals surface area (Å²) < 4.78 is 39.3. The first-order chi connectivity index (χ1) is 22.0. The summed E-state index contributed by atoms with van der Waals surface area (Å²) in [6, 6.07) is 7.44. The van der Waals surface area contributed by atoms with Crippen LogP contribution < -0.4 is 5.32 Å². The zero-order valence-corrected chi connectivity index (χ0v) is 28.2. The Hall–Kier alpha value is -3.89. The van der Waals surface area contributed by atoms with Crippen molar-refractivity contribution in [2.24, 2.45) is 7.05 Å². The highest BCUT2D eigenvalue weighted by Gasteiger charge is 2.26. The lowest BCUT2D eigenvalue weighted by molar-refractivity contribution is -0.129. The molecule has 1 aliphatic rings. The molecule has 0 saturated carbocycles. The summed E-state index contributed by atoms with van der Waals surface area (Å²) in [6.45, 7) is 4.35. The monoisotopic (exact) mass is 765 g/mol. The fraction of sp³-hybridized carbons (Fsp3) is 0.323. The molecule has 4 aromatic rings. The molecule has 242 valence electrons. The van der Waals surface area contributed by atoms with Crippen molar-refractivity contribution in [1.82, 2.24) is 29.1 Å². The number of benzene rings is 2. The highest BCUT2D eigenvalue weighted by molar-refractivity contribution is 14.1. The third-order valence-corrected chi connectivity index (χ3v) is 8.91. The lowest BCUT2D eigenvalue weighted by atomic mass is 10.0. The first-order valence-corrected chi connectivity index (χ1v) is 16.2. The van der Waals surface area contributed by atoms with Gasteiger partial charge >= 0.3 is 0 Å². The Kier molecular flexibility index (Phi) is 10.4. The van der Waals surface area contributed by atoms with Crippen molar-refractivity contribution in [1.29, 1.82) is 0 Å². The largest absolute Gasteiger partial charge is 0.383 e. The van der Waals surface area contributed by atoms with E-state index in [9.17, 15) is 14.4 Å². The Labute approximate surface area is 282 Å². The van der Waals surface area contributed by atoms with Gasteiger partial charge in [-0.3, -0.25) is 19.1 Å². The SMILES string of the molecule is COCCn1ncc(-c2ccc(-c3cnc(C(=O)Nc4ccc(C(=O)N5CCN(C(=O)CI)CC5)c(Cl)c4)n3C)c(F)c2F)c1C. The summed E-state index contributed by atoms with van der Waals surface area (Å²) in [4.78, 5) is 45.7. The highest BCUT2D eigenvalue weighted by atomic mass is 127. The fourth-order valence-electron chi connectivity index (χ4n) is 5.31. The Morgan fingerprint density at radius 3 is 2.35 bits per heavy atom. The van der Waals surface area contributed by atoms with E-state index < -0.39 is 17.5 Å². The van der Waals surface area contributed by atoms with Crippen LogP contribution >= 0.6 is 34.2 Å². The predicted octanol–water partition coefficient (Wildman–Crippen LogP) is 4.81. The number of rotatable bonds is 9. The Bertz CT molecular complexity index is 1800. The first kappa shape index (κ1) is 33.5. The van der Waals surface area contributed by atoms with Crippen LogP contribution in [-0.2, 0) is 23.1 Å². The summed E-state index contributed by atoms with van der Waals surface area (Å²) in [5, 5.41) is 7.09. The van der Waals surface area contributed by atoms with Crippen molar-refractivity contribution in [2.75, 3.05) is 49.6 Å². The molecule has 0 atom stereocenters. The zero-order valence-electron chi connectivity index (χ0n) is 25.3. The van der Waals surface area contributed by atoms with Crippen LogP contribution in [0.25, 0.3) is 22.4 Å². The number of amides is 3. The van der Waals surface area contributed by atoms with Crippen molar-refractivity contribution in [2.45, 2.75) is 13.5 Å². The molecule has 1 fully saturated rings. The molecule has 15 heteroatoms. The van der Waals surface area contributed by atoms with Crippen molar-refractivity contribution in [3.8, 4) is 22.4 Å². The number of aromatic nitrogens is 4. The van der Waals surface area contributed by atoms with Crippen LogP contribution in [0.3, 0.4) is 0 Å². The Balaban J connectivity index is 1.29. The van der Waals surface area contributed by atoms with Crippen molar-refractivity contribution < 1.29 is 27.9 Å². The summed E-state index contributed by atoms with van der Waals surface area (Å²) in [5.41, 5.74) is 1.91. The molecule has 0 unspecified atom stereocenters. The van der Waals surface area contributed by atoms with E-state index in [1.807, 2.05) is 22.6 Å². The number of imidazole rings is 1. The number of nitrogens with one attached hydrogen (secondary N) is 1. The maximum atomic E-state index is 15.4. The van der Waals surface area contributed by atoms with Crippen LogP contribution in [0.1, 0.15) is 26.7 Å². The summed E-state index contributed by atoms with van der Waals surface area (Å²) >= 11 is 8.46. The van der Waals surface area contributed by atoms with E-state index in [-0.39, 0.29) is 45.0 Å². The number of methoxy groups -OCH3 is 1. The molecule has 1 N–H and O–H groups in total. The van der Waals surface area contributed by atoms with Gasteiger partial charge in [0.05, 0.1) is 46.3 Å². The van der Waals surface area contributed by atoms with Gasteiger partial charge in [-0.2, -0.15) is 5.10 Å². The van der Waals surface area contributed by atoms with Crippen molar-refractivity contribution >= 4 is 57.6 Å². The number of hydrogen-bond acceptors (Lipinski definition) is 6. The molecule has 0 aliphatic carbocycles. The third kappa shape index (κ3) is 6.64. The van der Waals surface area contributed by atoms with Gasteiger partial charge < -0.3 is 24.4 Å². The number of hydrogen-bond donors (Lipinski definition) is 1. The maximum Gasteiger partial charge on any atom is 0.291 e. The smallest absolute Gasteiger partial charge is 0.291 e. The minimum Gasteiger partial charge on any atom is -0.383 e. The van der Waals surface area contributed by atoms with Crippen LogP contribution in [0.5, 0.6) is 0 Å². The minimum absolute atomic E-state index is 0.0365. The second-order valence-electron chi connectivity index (χ2n) is 10.6. The molecule has 2 aromatic heterocycles. The van der Waals surface area contributed by atoms with Gasteiger partial charge in [-0.25, -0.2) is 13.8 Å². The summed E-state index contributed by atoms with van der Waals surface area (Å²) in [5.74, 6) is -3.02. The molecule has 11 nitrogen and oxygen atoms in total. The molecular formula is C31H31ClF2IN7O4. The number of alkyl halides is 1. The Morgan fingerprint density at radius 1 is 1.00 bits per heavy atom. The van der Waals surface area contributed by atoms with Crippen LogP contribution in [0, 0.1) is 18.6 Å². The average Bonchev–Trinajstić information content (AvgIpc) is 3.62. The first-order valence-electron chi connectivity index (χ1n) is 14.3. The van der Waals surface area contributed by atoms with E-state index in [4.69, 9.17) is 16.3 Å². The molecule has 0 spiro atoms. The van der Waals surface area contributed by atoms with Gasteiger partial charge in [-0.1, -0.05) is 40.3 Å². The van der Waals surface area contributed by atoms with E-state index in [0.717, 1.165) is 0 Å². The lowest BCUT2D eigenvalue weighted by Crippen LogP contribution is -2.51. The molecule has 5 rings (SSSR count). The van der Waals surface area contributed by atoms with Crippen LogP contribution in [0.2, 0.25) is 5.02 Å². The standard InChI is InChI=1S/C31H31ClF2IN7O4/c1-18-23(16-37-42(18)12-13-46-3)20-6-7-22(28(34)27(20)33)25-17-36-29(39(25)2)30(44)38-19-4-5-21(24(32)14-19)31(45)41-10-8-40(9-11-41)26(43)15-35/h4-7,14,16-17H,8-13,15H2,1-3H3,(H,38,44). The van der Waals surface area contributed by atoms with Gasteiger partial charge in [-0.05, 0) is 31.2 Å². The topological polar surface area (TPSA) is 115 Å². The lowest BCUT2D eigenvalue weighted by Gasteiger charge is -2.34. The van der Waals surface area contributed by atoms with Gasteiger partial charge in [0.2, 0.25) is 5.91 Å². The molecule has 0 radical (unpaired) electrons. The number of carbonyl (C=O) groups excluding carboxylic acids is 3. The molecule has 0 bridgehead atoms. The highest BCUT2D eigenvalue weighted by Crippen LogP contribution is 2.33. The summed E-state index contributed by atoms with van der Waals surface area (Å²) in [7, 11) is 3.09. The number of ether oxygens (including phenoxy) is 1. The van der Waals surface area contributed by atoms with Gasteiger partial charge in [0.25, 0.3) is 11.8 Å². The molecule has 1 aliphatic heterocycles. The predicted molar refractivity (Wildman–Crippen MR) is 177 cm³/mol. The minimum atomic E-state index is -1.08. The Morgan fingerprint density at radius 2 is 1.67 bits per heavy atom. The number of piperazine rings is 1. The van der Waals surface area contributed by atoms with Crippen molar-refractivity contribution in [3.63, 3.8) is 0 Å². The van der Waals surface area contributed by atoms with Gasteiger partial charge in [0, 0.05) is 68.4 Å². The number of halogens is 4. The van der Waals surface area contributed by atoms with Crippen LogP contribution in [0.4, 0.5) is 14.5 Å². The molecule has 46 heavy (non-hydrogen) atoms. The second-order valence-corrected chi connectivity index (χ2v) is 11.8. The van der Waals surface area contributed by atoms with E-state index in [1.165, 1.54) is 48.3 Å². The maximum absolute atomic E-state index is 15.4. The van der Waals surface area contributed by atoms with E-state index >= 15 is 8.78 Å². The van der Waals surface area contributed by atoms with Crippen LogP contribution in [0.15, 0.2) is 42.7 Å². The van der Waals surface area contributed by atoms with Crippen LogP contribution in [-0.4, -0.2) is 91.2 Å². The normalized spacial score (nSPS) is 13.3.